The fraction of sp³-hybridized carbons (Fsp3) is 0.235. The van der Waals surface area contributed by atoms with Gasteiger partial charge in [-0.2, -0.15) is 0 Å². The second kappa shape index (κ2) is 4.25. The maximum absolute atomic E-state index is 12.5. The van der Waals surface area contributed by atoms with E-state index in [0.29, 0.717) is 17.7 Å². The van der Waals surface area contributed by atoms with Crippen LogP contribution in [0.25, 0.3) is 0 Å². The minimum absolute atomic E-state index is 0.0573. The highest BCUT2D eigenvalue weighted by Crippen LogP contribution is 2.39. The number of fused-ring (bicyclic) bond motifs is 2. The molecule has 1 heterocycles. The number of aromatic hydroxyl groups is 2. The average molecular weight is 281 g/mol. The number of phenolic OH excluding ortho intramolecular Hbond substituents is 2. The molecule has 0 atom stereocenters. The van der Waals surface area contributed by atoms with Gasteiger partial charge in [-0.15, -0.1) is 0 Å². The van der Waals surface area contributed by atoms with Crippen molar-refractivity contribution in [2.75, 3.05) is 0 Å². The molecule has 4 heteroatoms. The Morgan fingerprint density at radius 1 is 1.00 bits per heavy atom. The summed E-state index contributed by atoms with van der Waals surface area (Å²) in [6.45, 7) is 0.368. The largest absolute Gasteiger partial charge is 0.504 e. The summed E-state index contributed by atoms with van der Waals surface area (Å²) in [5.41, 5.74) is 3.62. The van der Waals surface area contributed by atoms with Gasteiger partial charge in [0.25, 0.3) is 5.91 Å². The number of phenols is 2. The molecular weight excluding hydrogens is 266 g/mol. The number of hydrogen-bond acceptors (Lipinski definition) is 3. The van der Waals surface area contributed by atoms with Gasteiger partial charge in [-0.05, 0) is 36.1 Å². The van der Waals surface area contributed by atoms with E-state index in [4.69, 9.17) is 0 Å². The van der Waals surface area contributed by atoms with Gasteiger partial charge < -0.3 is 15.1 Å². The summed E-state index contributed by atoms with van der Waals surface area (Å²) in [6.07, 6.45) is 1.70. The minimum Gasteiger partial charge on any atom is -0.504 e. The highest BCUT2D eigenvalue weighted by molar-refractivity contribution is 5.99. The lowest BCUT2D eigenvalue weighted by atomic mass is 10.1. The summed E-state index contributed by atoms with van der Waals surface area (Å²) >= 11 is 0. The Morgan fingerprint density at radius 3 is 2.33 bits per heavy atom. The van der Waals surface area contributed by atoms with Crippen molar-refractivity contribution in [2.24, 2.45) is 0 Å². The van der Waals surface area contributed by atoms with Crippen LogP contribution in [0.3, 0.4) is 0 Å². The summed E-state index contributed by atoms with van der Waals surface area (Å²) in [7, 11) is 0. The van der Waals surface area contributed by atoms with Crippen LogP contribution in [0.15, 0.2) is 36.4 Å². The van der Waals surface area contributed by atoms with Crippen LogP contribution in [-0.2, 0) is 19.4 Å². The molecule has 0 unspecified atom stereocenters. The standard InChI is InChI=1S/C17H15NO3/c19-15-6-5-13-14(16(15)20)9-18(17(13)21)12-7-10-3-1-2-4-11(10)8-12/h1-6,12,19-20H,7-9H2. The van der Waals surface area contributed by atoms with Crippen molar-refractivity contribution in [1.29, 1.82) is 0 Å². The number of benzene rings is 2. The van der Waals surface area contributed by atoms with Gasteiger partial charge in [0.15, 0.2) is 11.5 Å². The first-order chi connectivity index (χ1) is 10.1. The van der Waals surface area contributed by atoms with Crippen LogP contribution in [0.2, 0.25) is 0 Å². The van der Waals surface area contributed by atoms with Crippen molar-refractivity contribution in [3.8, 4) is 11.5 Å². The van der Waals surface area contributed by atoms with Gasteiger partial charge in [0.2, 0.25) is 0 Å². The second-order valence-electron chi connectivity index (χ2n) is 5.72. The Bertz CT molecular complexity index is 729. The zero-order valence-corrected chi connectivity index (χ0v) is 11.4. The van der Waals surface area contributed by atoms with Gasteiger partial charge in [0.05, 0.1) is 6.54 Å². The smallest absolute Gasteiger partial charge is 0.254 e. The molecule has 2 N–H and O–H groups in total. The molecule has 0 saturated carbocycles. The van der Waals surface area contributed by atoms with Crippen molar-refractivity contribution < 1.29 is 15.0 Å². The molecule has 106 valence electrons. The third kappa shape index (κ3) is 1.72. The first kappa shape index (κ1) is 12.3. The third-order valence-corrected chi connectivity index (χ3v) is 4.55. The number of hydrogen-bond donors (Lipinski definition) is 2. The molecule has 1 aliphatic heterocycles. The van der Waals surface area contributed by atoms with Crippen LogP contribution >= 0.6 is 0 Å². The van der Waals surface area contributed by atoms with Crippen LogP contribution in [0, 0.1) is 0 Å². The number of rotatable bonds is 1. The van der Waals surface area contributed by atoms with Crippen LogP contribution in [0.5, 0.6) is 11.5 Å². The van der Waals surface area contributed by atoms with E-state index in [1.54, 1.807) is 6.07 Å². The molecule has 0 spiro atoms. The monoisotopic (exact) mass is 281 g/mol. The molecule has 0 radical (unpaired) electrons. The van der Waals surface area contributed by atoms with Crippen molar-refractivity contribution in [3.05, 3.63) is 58.7 Å². The van der Waals surface area contributed by atoms with Crippen molar-refractivity contribution in [3.63, 3.8) is 0 Å². The van der Waals surface area contributed by atoms with Gasteiger partial charge in [-0.25, -0.2) is 0 Å². The molecular formula is C17H15NO3. The lowest BCUT2D eigenvalue weighted by molar-refractivity contribution is 0.0709. The predicted octanol–water partition coefficient (Wildman–Crippen LogP) is 2.22. The first-order valence-corrected chi connectivity index (χ1v) is 7.06. The fourth-order valence-electron chi connectivity index (χ4n) is 3.43. The molecule has 2 aromatic rings. The van der Waals surface area contributed by atoms with E-state index in [2.05, 4.69) is 12.1 Å². The molecule has 21 heavy (non-hydrogen) atoms. The van der Waals surface area contributed by atoms with Crippen molar-refractivity contribution in [1.82, 2.24) is 4.90 Å². The Hall–Kier alpha value is -2.49. The average Bonchev–Trinajstić information content (AvgIpc) is 3.04. The molecule has 2 aliphatic rings. The number of nitrogens with zero attached hydrogens (tertiary/aromatic N) is 1. The molecule has 1 aliphatic carbocycles. The summed E-state index contributed by atoms with van der Waals surface area (Å²) in [4.78, 5) is 14.3. The molecule has 4 nitrogen and oxygen atoms in total. The maximum atomic E-state index is 12.5. The van der Waals surface area contributed by atoms with Gasteiger partial charge in [0, 0.05) is 17.2 Å². The van der Waals surface area contributed by atoms with Gasteiger partial charge >= 0.3 is 0 Å². The van der Waals surface area contributed by atoms with E-state index in [-0.39, 0.29) is 23.4 Å². The molecule has 0 saturated heterocycles. The third-order valence-electron chi connectivity index (χ3n) is 4.55. The van der Waals surface area contributed by atoms with Crippen molar-refractivity contribution in [2.45, 2.75) is 25.4 Å². The molecule has 1 amide bonds. The van der Waals surface area contributed by atoms with Crippen LogP contribution in [0.4, 0.5) is 0 Å². The SMILES string of the molecule is O=C1c2ccc(O)c(O)c2CN1C1Cc2ccccc2C1. The summed E-state index contributed by atoms with van der Waals surface area (Å²) in [6, 6.07) is 11.3. The van der Waals surface area contributed by atoms with Gasteiger partial charge in [0.1, 0.15) is 0 Å². The minimum atomic E-state index is -0.168. The van der Waals surface area contributed by atoms with Gasteiger partial charge in [-0.1, -0.05) is 24.3 Å². The Labute approximate surface area is 122 Å². The van der Waals surface area contributed by atoms with E-state index in [9.17, 15) is 15.0 Å². The Morgan fingerprint density at radius 2 is 1.67 bits per heavy atom. The lowest BCUT2D eigenvalue weighted by Crippen LogP contribution is -2.36. The Balaban J connectivity index is 1.66. The maximum Gasteiger partial charge on any atom is 0.254 e. The highest BCUT2D eigenvalue weighted by Gasteiger charge is 2.37. The normalized spacial score (nSPS) is 17.1. The molecule has 0 aromatic heterocycles. The van der Waals surface area contributed by atoms with Crippen molar-refractivity contribution >= 4 is 5.91 Å². The number of carbonyl (C=O) groups is 1. The summed E-state index contributed by atoms with van der Waals surface area (Å²) in [5, 5.41) is 19.5. The first-order valence-electron chi connectivity index (χ1n) is 7.06. The molecule has 0 fully saturated rings. The highest BCUT2D eigenvalue weighted by atomic mass is 16.3. The Kier molecular flexibility index (Phi) is 2.48. The van der Waals surface area contributed by atoms with Crippen LogP contribution in [0.1, 0.15) is 27.0 Å². The van der Waals surface area contributed by atoms with E-state index in [0.717, 1.165) is 12.8 Å². The summed E-state index contributed by atoms with van der Waals surface area (Å²) in [5.74, 6) is -0.393. The van der Waals surface area contributed by atoms with E-state index in [1.165, 1.54) is 17.2 Å². The van der Waals surface area contributed by atoms with Crippen LogP contribution < -0.4 is 0 Å². The molecule has 2 aromatic carbocycles. The zero-order valence-electron chi connectivity index (χ0n) is 11.4. The molecule has 0 bridgehead atoms. The summed E-state index contributed by atoms with van der Waals surface area (Å²) < 4.78 is 0. The lowest BCUT2D eigenvalue weighted by Gasteiger charge is -2.23. The predicted molar refractivity (Wildman–Crippen MR) is 77.3 cm³/mol. The van der Waals surface area contributed by atoms with Crippen LogP contribution in [-0.4, -0.2) is 27.1 Å². The number of amides is 1. The molecule has 4 rings (SSSR count). The topological polar surface area (TPSA) is 60.8 Å². The van der Waals surface area contributed by atoms with E-state index >= 15 is 0 Å². The number of carbonyl (C=O) groups excluding carboxylic acids is 1. The fourth-order valence-corrected chi connectivity index (χ4v) is 3.43. The van der Waals surface area contributed by atoms with E-state index < -0.39 is 0 Å². The quantitative estimate of drug-likeness (QED) is 0.788. The van der Waals surface area contributed by atoms with Gasteiger partial charge in [-0.3, -0.25) is 4.79 Å². The second-order valence-corrected chi connectivity index (χ2v) is 5.72. The zero-order chi connectivity index (χ0) is 14.6. The van der Waals surface area contributed by atoms with E-state index in [1.807, 2.05) is 17.0 Å².